The Morgan fingerprint density at radius 2 is 1.26 bits per heavy atom. The van der Waals surface area contributed by atoms with Crippen LogP contribution in [0.3, 0.4) is 0 Å². The van der Waals surface area contributed by atoms with E-state index in [-0.39, 0.29) is 5.56 Å². The maximum Gasteiger partial charge on any atom is 0.338 e. The molecule has 296 valence electrons. The summed E-state index contributed by atoms with van der Waals surface area (Å²) in [6, 6.07) is 5.88. The minimum Gasteiger partial charge on any atom is -0.497 e. The number of ether oxygens (including phenoxy) is 11. The van der Waals surface area contributed by atoms with E-state index in [0.717, 1.165) is 47.8 Å². The van der Waals surface area contributed by atoms with Gasteiger partial charge >= 0.3 is 41.8 Å². The van der Waals surface area contributed by atoms with Gasteiger partial charge in [-0.3, -0.25) is 28.8 Å². The molecule has 19 heteroatoms. The molecule has 11 atom stereocenters. The third-order valence-electron chi connectivity index (χ3n) is 8.55. The molecule has 2 fully saturated rings. The normalized spacial score (nSPS) is 31.0. The van der Waals surface area contributed by atoms with Crippen molar-refractivity contribution >= 4 is 41.8 Å². The van der Waals surface area contributed by atoms with Crippen LogP contribution in [0.2, 0.25) is 0 Å². The van der Waals surface area contributed by atoms with E-state index in [0.29, 0.717) is 5.75 Å². The molecule has 0 radical (unpaired) electrons. The summed E-state index contributed by atoms with van der Waals surface area (Å²) in [5.41, 5.74) is -2.33. The maximum atomic E-state index is 13.5. The molecule has 0 spiro atoms. The quantitative estimate of drug-likeness (QED) is 0.214. The maximum absolute atomic E-state index is 13.5. The van der Waals surface area contributed by atoms with Crippen molar-refractivity contribution in [2.75, 3.05) is 20.3 Å². The minimum absolute atomic E-state index is 0.0747. The summed E-state index contributed by atoms with van der Waals surface area (Å²) in [6.07, 6.45) is -10.2. The van der Waals surface area contributed by atoms with E-state index in [2.05, 4.69) is 0 Å². The summed E-state index contributed by atoms with van der Waals surface area (Å²) in [5.74, 6) is -8.06. The van der Waals surface area contributed by atoms with Crippen molar-refractivity contribution in [2.24, 2.45) is 11.8 Å². The lowest BCUT2D eigenvalue weighted by Gasteiger charge is -2.46. The van der Waals surface area contributed by atoms with Gasteiger partial charge in [0, 0.05) is 47.5 Å². The van der Waals surface area contributed by atoms with Crippen LogP contribution < -0.4 is 4.74 Å². The third-order valence-corrected chi connectivity index (χ3v) is 8.55. The fourth-order valence-corrected chi connectivity index (χ4v) is 6.51. The van der Waals surface area contributed by atoms with Crippen molar-refractivity contribution in [1.82, 2.24) is 0 Å². The Bertz CT molecular complexity index is 1610. The van der Waals surface area contributed by atoms with Crippen molar-refractivity contribution in [3.63, 3.8) is 0 Å². The molecule has 1 saturated carbocycles. The first kappa shape index (κ1) is 41.5. The van der Waals surface area contributed by atoms with Crippen molar-refractivity contribution in [3.8, 4) is 5.75 Å². The van der Waals surface area contributed by atoms with Crippen LogP contribution in [0.1, 0.15) is 51.9 Å². The number of esters is 7. The number of methoxy groups -OCH3 is 1. The molecule has 1 saturated heterocycles. The van der Waals surface area contributed by atoms with Gasteiger partial charge in [-0.05, 0) is 30.3 Å². The van der Waals surface area contributed by atoms with Gasteiger partial charge in [0.25, 0.3) is 0 Å². The van der Waals surface area contributed by atoms with Crippen molar-refractivity contribution in [3.05, 3.63) is 42.2 Å². The second kappa shape index (κ2) is 17.7. The molecule has 3 aliphatic rings. The zero-order chi connectivity index (χ0) is 39.9. The molecular formula is C35H42O19. The topological polar surface area (TPSA) is 241 Å². The molecule has 19 nitrogen and oxygen atoms in total. The molecule has 0 bridgehead atoms. The molecule has 1 aliphatic carbocycles. The van der Waals surface area contributed by atoms with E-state index >= 15 is 0 Å². The molecular weight excluding hydrogens is 724 g/mol. The number of rotatable bonds is 13. The van der Waals surface area contributed by atoms with Crippen LogP contribution >= 0.6 is 0 Å². The van der Waals surface area contributed by atoms with E-state index < -0.39 is 122 Å². The Morgan fingerprint density at radius 1 is 0.685 bits per heavy atom. The molecule has 2 aliphatic heterocycles. The van der Waals surface area contributed by atoms with E-state index in [1.165, 1.54) is 37.5 Å². The van der Waals surface area contributed by atoms with Crippen LogP contribution in [0.5, 0.6) is 5.75 Å². The van der Waals surface area contributed by atoms with Crippen LogP contribution in [0.25, 0.3) is 0 Å². The fraction of sp³-hybridized carbons (Fsp3) is 0.571. The number of carbonyl (C=O) groups excluding carboxylic acids is 7. The number of aliphatic hydroxyl groups is 1. The lowest BCUT2D eigenvalue weighted by molar-refractivity contribution is -0.350. The lowest BCUT2D eigenvalue weighted by atomic mass is 9.83. The lowest BCUT2D eigenvalue weighted by Crippen LogP contribution is -2.64. The molecule has 1 aromatic carbocycles. The highest BCUT2D eigenvalue weighted by atomic mass is 16.8. The summed E-state index contributed by atoms with van der Waals surface area (Å²) in [4.78, 5) is 86.6. The van der Waals surface area contributed by atoms with E-state index in [1.54, 1.807) is 0 Å². The van der Waals surface area contributed by atoms with Crippen LogP contribution in [-0.2, 0) is 76.1 Å². The highest BCUT2D eigenvalue weighted by molar-refractivity contribution is 5.89. The Hall–Kier alpha value is -5.27. The van der Waals surface area contributed by atoms with Crippen molar-refractivity contribution in [2.45, 2.75) is 96.3 Å². The standard InChI is InChI=1S/C35H42O19/c1-16(36)46-14-25-28(48-18(3)38)29(49-19(4)39)30(50-20(5)40)34(52-25)54-33-26-24(12-13-45-33)27(53-32(42)22-8-10-23(44-7)11-9-22)31(51-21(6)41)35(26,43)15-47-17(2)37/h8-13,24-31,33-34,43H,14-15H2,1-7H3/t24-,25-,26-,27+,28-,29+,30-,31-,33+,34+,35+/m1/s1. The Labute approximate surface area is 308 Å². The zero-order valence-electron chi connectivity index (χ0n) is 30.4. The highest BCUT2D eigenvalue weighted by Crippen LogP contribution is 2.50. The molecule has 0 aromatic heterocycles. The van der Waals surface area contributed by atoms with Gasteiger partial charge in [0.15, 0.2) is 24.4 Å². The molecule has 4 rings (SSSR count). The van der Waals surface area contributed by atoms with E-state index in [1.807, 2.05) is 0 Å². The summed E-state index contributed by atoms with van der Waals surface area (Å²) in [5, 5.41) is 12.4. The smallest absolute Gasteiger partial charge is 0.338 e. The number of hydrogen-bond donors (Lipinski definition) is 1. The summed E-state index contributed by atoms with van der Waals surface area (Å²) < 4.78 is 61.4. The first-order valence-electron chi connectivity index (χ1n) is 16.6. The second-order valence-electron chi connectivity index (χ2n) is 12.5. The number of benzene rings is 1. The summed E-state index contributed by atoms with van der Waals surface area (Å²) >= 11 is 0. The third kappa shape index (κ3) is 9.83. The minimum atomic E-state index is -2.40. The molecule has 54 heavy (non-hydrogen) atoms. The fourth-order valence-electron chi connectivity index (χ4n) is 6.51. The number of fused-ring (bicyclic) bond motifs is 1. The first-order chi connectivity index (χ1) is 25.4. The van der Waals surface area contributed by atoms with Gasteiger partial charge in [-0.25, -0.2) is 4.79 Å². The Kier molecular flexibility index (Phi) is 13.6. The van der Waals surface area contributed by atoms with Gasteiger partial charge in [-0.15, -0.1) is 0 Å². The zero-order valence-corrected chi connectivity index (χ0v) is 30.4. The van der Waals surface area contributed by atoms with Crippen LogP contribution in [-0.4, -0.2) is 122 Å². The van der Waals surface area contributed by atoms with Crippen LogP contribution in [0.4, 0.5) is 0 Å². The summed E-state index contributed by atoms with van der Waals surface area (Å²) in [6.45, 7) is 4.96. The van der Waals surface area contributed by atoms with Gasteiger partial charge in [0.05, 0.1) is 24.9 Å². The summed E-state index contributed by atoms with van der Waals surface area (Å²) in [7, 11) is 1.44. The SMILES string of the molecule is COc1ccc(C(=O)O[C@H]2[C@@H]3C=CO[C@@H](O[C@@H]4O[C@H](COC(C)=O)[C@@H](OC(C)=O)[C@H](OC(C)=O)[C@H]4OC(C)=O)[C@@H]3[C@@](O)(COC(C)=O)[C@@H]2OC(C)=O)cc1. The van der Waals surface area contributed by atoms with Gasteiger partial charge in [-0.2, -0.15) is 0 Å². The van der Waals surface area contributed by atoms with Gasteiger partial charge < -0.3 is 57.2 Å². The molecule has 0 amide bonds. The predicted octanol–water partition coefficient (Wildman–Crippen LogP) is 0.662. The van der Waals surface area contributed by atoms with Crippen LogP contribution in [0, 0.1) is 11.8 Å². The molecule has 1 aromatic rings. The van der Waals surface area contributed by atoms with Crippen molar-refractivity contribution in [1.29, 1.82) is 0 Å². The van der Waals surface area contributed by atoms with Gasteiger partial charge in [-0.1, -0.05) is 0 Å². The largest absolute Gasteiger partial charge is 0.497 e. The molecule has 0 unspecified atom stereocenters. The monoisotopic (exact) mass is 766 g/mol. The number of hydrogen-bond acceptors (Lipinski definition) is 19. The van der Waals surface area contributed by atoms with Crippen LogP contribution in [0.15, 0.2) is 36.6 Å². The molecule has 1 N–H and O–H groups in total. The number of carbonyl (C=O) groups is 7. The predicted molar refractivity (Wildman–Crippen MR) is 173 cm³/mol. The van der Waals surface area contributed by atoms with E-state index in [9.17, 15) is 38.7 Å². The Balaban J connectivity index is 1.79. The first-order valence-corrected chi connectivity index (χ1v) is 16.6. The van der Waals surface area contributed by atoms with Crippen molar-refractivity contribution < 1.29 is 90.8 Å². The highest BCUT2D eigenvalue weighted by Gasteiger charge is 2.68. The average molecular weight is 767 g/mol. The van der Waals surface area contributed by atoms with Gasteiger partial charge in [0.1, 0.15) is 36.8 Å². The average Bonchev–Trinajstić information content (AvgIpc) is 3.31. The Morgan fingerprint density at radius 3 is 1.81 bits per heavy atom. The van der Waals surface area contributed by atoms with Gasteiger partial charge in [0.2, 0.25) is 12.6 Å². The van der Waals surface area contributed by atoms with E-state index in [4.69, 9.17) is 52.1 Å². The second-order valence-corrected chi connectivity index (χ2v) is 12.5. The molecule has 2 heterocycles.